The van der Waals surface area contributed by atoms with Gasteiger partial charge >= 0.3 is 0 Å². The number of carbonyl (C=O) groups is 3. The number of nitrogens with one attached hydrogen (secondary N) is 3. The van der Waals surface area contributed by atoms with E-state index in [-0.39, 0.29) is 30.6 Å². The second-order valence-corrected chi connectivity index (χ2v) is 9.48. The molecular weight excluding hydrogens is 508 g/mol. The Hall–Kier alpha value is -3.65. The molecule has 1 heterocycles. The van der Waals surface area contributed by atoms with Gasteiger partial charge < -0.3 is 9.88 Å². The number of hydrogen-bond acceptors (Lipinski definition) is 3. The Morgan fingerprint density at radius 3 is 2.29 bits per heavy atom. The molecule has 1 atom stereocenters. The van der Waals surface area contributed by atoms with Crippen LogP contribution in [0.25, 0.3) is 21.8 Å². The van der Waals surface area contributed by atoms with Crippen LogP contribution in [-0.4, -0.2) is 22.3 Å². The van der Waals surface area contributed by atoms with Crippen LogP contribution in [0.5, 0.6) is 0 Å². The van der Waals surface area contributed by atoms with Crippen LogP contribution in [-0.2, 0) is 16.1 Å². The largest absolute Gasteiger partial charge is 0.341 e. The Morgan fingerprint density at radius 2 is 1.54 bits per heavy atom. The van der Waals surface area contributed by atoms with Gasteiger partial charge in [0, 0.05) is 56.9 Å². The van der Waals surface area contributed by atoms with Crippen molar-refractivity contribution < 1.29 is 14.4 Å². The molecule has 0 radical (unpaired) electrons. The predicted octanol–water partition coefficient (Wildman–Crippen LogP) is 5.39. The third-order valence-electron chi connectivity index (χ3n) is 5.86. The highest BCUT2D eigenvalue weighted by molar-refractivity contribution is 9.10. The summed E-state index contributed by atoms with van der Waals surface area (Å²) in [5, 5.41) is 5.19. The van der Waals surface area contributed by atoms with Gasteiger partial charge in [-0.25, -0.2) is 0 Å². The molecular formula is C27H27BrN4O3. The zero-order valence-corrected chi connectivity index (χ0v) is 21.2. The summed E-state index contributed by atoms with van der Waals surface area (Å²) in [6, 6.07) is 21.0. The van der Waals surface area contributed by atoms with Crippen LogP contribution in [0.15, 0.2) is 71.2 Å². The predicted molar refractivity (Wildman–Crippen MR) is 142 cm³/mol. The van der Waals surface area contributed by atoms with E-state index in [1.807, 2.05) is 37.3 Å². The molecule has 0 spiro atoms. The Morgan fingerprint density at radius 1 is 0.857 bits per heavy atom. The first-order chi connectivity index (χ1) is 16.9. The van der Waals surface area contributed by atoms with Crippen molar-refractivity contribution in [3.8, 4) is 0 Å². The molecule has 180 valence electrons. The molecule has 0 saturated heterocycles. The molecule has 7 nitrogen and oxygen atoms in total. The maximum atomic E-state index is 12.6. The second kappa shape index (κ2) is 10.7. The van der Waals surface area contributed by atoms with Crippen LogP contribution >= 0.6 is 15.9 Å². The van der Waals surface area contributed by atoms with E-state index in [1.54, 1.807) is 24.3 Å². The van der Waals surface area contributed by atoms with Crippen LogP contribution in [0.2, 0.25) is 0 Å². The number of fused-ring (bicyclic) bond motifs is 3. The van der Waals surface area contributed by atoms with Crippen molar-refractivity contribution in [2.75, 3.05) is 5.32 Å². The summed E-state index contributed by atoms with van der Waals surface area (Å²) in [4.78, 5) is 37.0. The quantitative estimate of drug-likeness (QED) is 0.277. The average molecular weight is 535 g/mol. The molecule has 0 aliphatic carbocycles. The molecule has 3 amide bonds. The topological polar surface area (TPSA) is 92.2 Å². The lowest BCUT2D eigenvalue weighted by molar-refractivity contribution is -0.123. The summed E-state index contributed by atoms with van der Waals surface area (Å²) >= 11 is 3.31. The number of aryl methyl sites for hydroxylation is 1. The molecule has 35 heavy (non-hydrogen) atoms. The molecule has 4 aromatic rings. The molecule has 0 bridgehead atoms. The Bertz CT molecular complexity index is 1400. The summed E-state index contributed by atoms with van der Waals surface area (Å²) < 4.78 is 3.12. The minimum Gasteiger partial charge on any atom is -0.341 e. The van der Waals surface area contributed by atoms with Crippen LogP contribution in [0, 0.1) is 5.92 Å². The van der Waals surface area contributed by atoms with Crippen molar-refractivity contribution in [2.24, 2.45) is 5.92 Å². The van der Waals surface area contributed by atoms with E-state index in [0.717, 1.165) is 33.0 Å². The molecule has 3 N–H and O–H groups in total. The number of benzene rings is 3. The van der Waals surface area contributed by atoms with Crippen molar-refractivity contribution in [3.63, 3.8) is 0 Å². The van der Waals surface area contributed by atoms with E-state index in [1.165, 1.54) is 5.52 Å². The fourth-order valence-electron chi connectivity index (χ4n) is 4.24. The minimum absolute atomic E-state index is 0.108. The standard InChI is InChI=1S/C27H27BrN4O3/c1-3-32-23-7-5-4-6-21(23)22-16-20(12-13-24(22)32)29-25(33)14-17(2)15-26(34)30-31-27(35)18-8-10-19(28)11-9-18/h4-13,16-17H,3,14-15H2,1-2H3,(H,29,33)(H,30,34)(H,31,35)/t17-/m1/s1. The van der Waals surface area contributed by atoms with Gasteiger partial charge in [-0.1, -0.05) is 41.1 Å². The van der Waals surface area contributed by atoms with Gasteiger partial charge in [-0.3, -0.25) is 25.2 Å². The molecule has 8 heteroatoms. The first-order valence-electron chi connectivity index (χ1n) is 11.5. The number of carbonyl (C=O) groups excluding carboxylic acids is 3. The number of rotatable bonds is 7. The Kier molecular flexibility index (Phi) is 7.51. The van der Waals surface area contributed by atoms with Crippen LogP contribution in [0.4, 0.5) is 5.69 Å². The number of anilines is 1. The molecule has 0 aliphatic heterocycles. The highest BCUT2D eigenvalue weighted by Crippen LogP contribution is 2.31. The van der Waals surface area contributed by atoms with Gasteiger partial charge in [0.05, 0.1) is 0 Å². The molecule has 0 fully saturated rings. The first kappa shape index (κ1) is 24.5. The fraction of sp³-hybridized carbons (Fsp3) is 0.222. The second-order valence-electron chi connectivity index (χ2n) is 8.56. The number of hydrazine groups is 1. The summed E-state index contributed by atoms with van der Waals surface area (Å²) in [5.74, 6) is -1.13. The minimum atomic E-state index is -0.406. The highest BCUT2D eigenvalue weighted by atomic mass is 79.9. The van der Waals surface area contributed by atoms with E-state index in [2.05, 4.69) is 55.7 Å². The Labute approximate surface area is 212 Å². The van der Waals surface area contributed by atoms with Gasteiger partial charge in [-0.2, -0.15) is 0 Å². The molecule has 0 saturated carbocycles. The van der Waals surface area contributed by atoms with E-state index in [9.17, 15) is 14.4 Å². The first-order valence-corrected chi connectivity index (χ1v) is 12.3. The maximum absolute atomic E-state index is 12.6. The van der Waals surface area contributed by atoms with Gasteiger partial charge in [0.15, 0.2) is 0 Å². The number of halogens is 1. The lowest BCUT2D eigenvalue weighted by atomic mass is 10.0. The molecule has 3 aromatic carbocycles. The number of hydrogen-bond donors (Lipinski definition) is 3. The SMILES string of the molecule is CCn1c2ccccc2c2cc(NC(=O)C[C@@H](C)CC(=O)NNC(=O)c3ccc(Br)cc3)ccc21. The maximum Gasteiger partial charge on any atom is 0.269 e. The van der Waals surface area contributed by atoms with Crippen molar-refractivity contribution >= 4 is 61.1 Å². The third-order valence-corrected chi connectivity index (χ3v) is 6.39. The van der Waals surface area contributed by atoms with Gasteiger partial charge in [0.2, 0.25) is 11.8 Å². The molecule has 4 rings (SSSR count). The third kappa shape index (κ3) is 5.71. The number of amides is 3. The zero-order chi connectivity index (χ0) is 24.9. The van der Waals surface area contributed by atoms with E-state index >= 15 is 0 Å². The van der Waals surface area contributed by atoms with E-state index < -0.39 is 5.91 Å². The number of aromatic nitrogens is 1. The zero-order valence-electron chi connectivity index (χ0n) is 19.6. The summed E-state index contributed by atoms with van der Waals surface area (Å²) in [6.45, 7) is 4.80. The molecule has 0 aliphatic rings. The van der Waals surface area contributed by atoms with Gasteiger partial charge in [0.25, 0.3) is 5.91 Å². The van der Waals surface area contributed by atoms with Crippen LogP contribution in [0.3, 0.4) is 0 Å². The smallest absolute Gasteiger partial charge is 0.269 e. The number of para-hydroxylation sites is 1. The highest BCUT2D eigenvalue weighted by Gasteiger charge is 2.16. The van der Waals surface area contributed by atoms with Gasteiger partial charge in [0.1, 0.15) is 0 Å². The fourth-order valence-corrected chi connectivity index (χ4v) is 4.50. The lowest BCUT2D eigenvalue weighted by Gasteiger charge is -2.13. The van der Waals surface area contributed by atoms with Gasteiger partial charge in [-0.05, 0) is 61.4 Å². The van der Waals surface area contributed by atoms with E-state index in [0.29, 0.717) is 5.56 Å². The van der Waals surface area contributed by atoms with Crippen LogP contribution < -0.4 is 16.2 Å². The monoisotopic (exact) mass is 534 g/mol. The average Bonchev–Trinajstić information content (AvgIpc) is 3.15. The van der Waals surface area contributed by atoms with Crippen molar-refractivity contribution in [1.29, 1.82) is 0 Å². The normalized spacial score (nSPS) is 11.9. The van der Waals surface area contributed by atoms with E-state index in [4.69, 9.17) is 0 Å². The summed E-state index contributed by atoms with van der Waals surface area (Å²) in [6.07, 6.45) is 0.292. The van der Waals surface area contributed by atoms with Gasteiger partial charge in [-0.15, -0.1) is 0 Å². The lowest BCUT2D eigenvalue weighted by Crippen LogP contribution is -2.42. The van der Waals surface area contributed by atoms with Crippen molar-refractivity contribution in [2.45, 2.75) is 33.2 Å². The Balaban J connectivity index is 1.31. The summed E-state index contributed by atoms with van der Waals surface area (Å²) in [5.41, 5.74) is 8.26. The number of nitrogens with zero attached hydrogens (tertiary/aromatic N) is 1. The van der Waals surface area contributed by atoms with Crippen LogP contribution in [0.1, 0.15) is 37.0 Å². The molecule has 1 aromatic heterocycles. The summed E-state index contributed by atoms with van der Waals surface area (Å²) in [7, 11) is 0. The van der Waals surface area contributed by atoms with Crippen molar-refractivity contribution in [1.82, 2.24) is 15.4 Å². The van der Waals surface area contributed by atoms with Crippen molar-refractivity contribution in [3.05, 3.63) is 76.8 Å². The molecule has 0 unspecified atom stereocenters.